The van der Waals surface area contributed by atoms with Gasteiger partial charge in [-0.15, -0.1) is 11.3 Å². The molecule has 4 rings (SSSR count). The van der Waals surface area contributed by atoms with Crippen LogP contribution in [0.2, 0.25) is 0 Å². The van der Waals surface area contributed by atoms with E-state index in [9.17, 15) is 0 Å². The summed E-state index contributed by atoms with van der Waals surface area (Å²) >= 11 is 1.74. The van der Waals surface area contributed by atoms with Gasteiger partial charge in [-0.1, -0.05) is 13.0 Å². The van der Waals surface area contributed by atoms with Crippen LogP contribution in [0.5, 0.6) is 0 Å². The maximum Gasteiger partial charge on any atom is 0.161 e. The Morgan fingerprint density at radius 3 is 2.88 bits per heavy atom. The van der Waals surface area contributed by atoms with Crippen LogP contribution in [0.3, 0.4) is 0 Å². The highest BCUT2D eigenvalue weighted by molar-refractivity contribution is 7.10. The number of aromatic nitrogens is 3. The minimum Gasteiger partial charge on any atom is -0.369 e. The molecule has 25 heavy (non-hydrogen) atoms. The number of hydrogen-bond acceptors (Lipinski definition) is 6. The van der Waals surface area contributed by atoms with Crippen molar-refractivity contribution in [2.75, 3.05) is 24.6 Å². The molecule has 1 unspecified atom stereocenters. The third kappa shape index (κ3) is 3.55. The Bertz CT molecular complexity index is 823. The fourth-order valence-corrected chi connectivity index (χ4v) is 3.73. The van der Waals surface area contributed by atoms with Gasteiger partial charge in [-0.3, -0.25) is 4.98 Å². The van der Waals surface area contributed by atoms with Crippen molar-refractivity contribution in [3.05, 3.63) is 58.7 Å². The first-order valence-corrected chi connectivity index (χ1v) is 9.40. The molecular formula is C19H20N4OS. The SMILES string of the molecule is CCc1cc(N2CCOC(c3cccs3)C2)nc(-c2ccncc2)n1. The van der Waals surface area contributed by atoms with E-state index in [-0.39, 0.29) is 6.10 Å². The number of pyridine rings is 1. The normalized spacial score (nSPS) is 17.6. The lowest BCUT2D eigenvalue weighted by molar-refractivity contribution is 0.0418. The number of anilines is 1. The summed E-state index contributed by atoms with van der Waals surface area (Å²) in [6, 6.07) is 10.2. The second kappa shape index (κ2) is 7.29. The molecular weight excluding hydrogens is 332 g/mol. The zero-order valence-electron chi connectivity index (χ0n) is 14.1. The van der Waals surface area contributed by atoms with E-state index in [1.807, 2.05) is 12.1 Å². The lowest BCUT2D eigenvalue weighted by atomic mass is 10.2. The largest absolute Gasteiger partial charge is 0.369 e. The maximum absolute atomic E-state index is 5.96. The van der Waals surface area contributed by atoms with E-state index in [0.29, 0.717) is 6.61 Å². The molecule has 3 aromatic rings. The predicted octanol–water partition coefficient (Wildman–Crippen LogP) is 3.74. The van der Waals surface area contributed by atoms with Crippen molar-refractivity contribution in [1.82, 2.24) is 15.0 Å². The van der Waals surface area contributed by atoms with Gasteiger partial charge in [0.2, 0.25) is 0 Å². The third-order valence-corrected chi connectivity index (χ3v) is 5.28. The number of morpholine rings is 1. The first kappa shape index (κ1) is 16.2. The van der Waals surface area contributed by atoms with Crippen LogP contribution in [-0.4, -0.2) is 34.6 Å². The molecule has 6 heteroatoms. The van der Waals surface area contributed by atoms with E-state index in [2.05, 4.69) is 40.4 Å². The Morgan fingerprint density at radius 2 is 2.12 bits per heavy atom. The van der Waals surface area contributed by atoms with Gasteiger partial charge in [0.05, 0.1) is 13.2 Å². The predicted molar refractivity (Wildman–Crippen MR) is 99.9 cm³/mol. The van der Waals surface area contributed by atoms with E-state index in [4.69, 9.17) is 14.7 Å². The van der Waals surface area contributed by atoms with Crippen LogP contribution in [0.4, 0.5) is 5.82 Å². The van der Waals surface area contributed by atoms with Crippen molar-refractivity contribution in [3.63, 3.8) is 0 Å². The second-order valence-electron chi connectivity index (χ2n) is 5.95. The van der Waals surface area contributed by atoms with Gasteiger partial charge in [0.25, 0.3) is 0 Å². The second-order valence-corrected chi connectivity index (χ2v) is 6.93. The van der Waals surface area contributed by atoms with Crippen LogP contribution >= 0.6 is 11.3 Å². The van der Waals surface area contributed by atoms with Gasteiger partial charge in [0.15, 0.2) is 5.82 Å². The van der Waals surface area contributed by atoms with E-state index in [1.165, 1.54) is 4.88 Å². The highest BCUT2D eigenvalue weighted by atomic mass is 32.1. The van der Waals surface area contributed by atoms with Gasteiger partial charge >= 0.3 is 0 Å². The molecule has 0 aromatic carbocycles. The monoisotopic (exact) mass is 352 g/mol. The summed E-state index contributed by atoms with van der Waals surface area (Å²) in [4.78, 5) is 17.2. The summed E-state index contributed by atoms with van der Waals surface area (Å²) in [5, 5.41) is 2.10. The number of nitrogens with zero attached hydrogens (tertiary/aromatic N) is 4. The van der Waals surface area contributed by atoms with Crippen molar-refractivity contribution in [3.8, 4) is 11.4 Å². The molecule has 0 N–H and O–H groups in total. The summed E-state index contributed by atoms with van der Waals surface area (Å²) in [7, 11) is 0. The van der Waals surface area contributed by atoms with Crippen LogP contribution in [0.25, 0.3) is 11.4 Å². The van der Waals surface area contributed by atoms with Crippen molar-refractivity contribution in [1.29, 1.82) is 0 Å². The Kier molecular flexibility index (Phi) is 4.72. The molecule has 1 saturated heterocycles. The first-order valence-electron chi connectivity index (χ1n) is 8.52. The van der Waals surface area contributed by atoms with E-state index >= 15 is 0 Å². The number of hydrogen-bond donors (Lipinski definition) is 0. The number of thiophene rings is 1. The fourth-order valence-electron chi connectivity index (χ4n) is 2.96. The Labute approximate surface area is 151 Å². The molecule has 0 amide bonds. The van der Waals surface area contributed by atoms with E-state index < -0.39 is 0 Å². The van der Waals surface area contributed by atoms with E-state index in [1.54, 1.807) is 23.7 Å². The summed E-state index contributed by atoms with van der Waals surface area (Å²) in [6.07, 6.45) is 4.54. The highest BCUT2D eigenvalue weighted by Crippen LogP contribution is 2.29. The fraction of sp³-hybridized carbons (Fsp3) is 0.316. The molecule has 0 saturated carbocycles. The standard InChI is InChI=1S/C19H20N4OS/c1-2-15-12-18(22-19(21-15)14-5-7-20-8-6-14)23-9-10-24-16(13-23)17-4-3-11-25-17/h3-8,11-12,16H,2,9-10,13H2,1H3. The number of rotatable bonds is 4. The van der Waals surface area contributed by atoms with E-state index in [0.717, 1.165) is 42.4 Å². The zero-order chi connectivity index (χ0) is 17.1. The molecule has 0 radical (unpaired) electrons. The molecule has 5 nitrogen and oxygen atoms in total. The number of aryl methyl sites for hydroxylation is 1. The lowest BCUT2D eigenvalue weighted by Crippen LogP contribution is -2.38. The molecule has 0 spiro atoms. The van der Waals surface area contributed by atoms with Gasteiger partial charge in [-0.2, -0.15) is 0 Å². The average molecular weight is 352 g/mol. The van der Waals surface area contributed by atoms with Gasteiger partial charge in [0.1, 0.15) is 11.9 Å². The molecule has 4 heterocycles. The molecule has 0 aliphatic carbocycles. The van der Waals surface area contributed by atoms with Crippen LogP contribution < -0.4 is 4.90 Å². The Morgan fingerprint density at radius 1 is 1.24 bits per heavy atom. The average Bonchev–Trinajstić information content (AvgIpc) is 3.23. The molecule has 1 fully saturated rings. The van der Waals surface area contributed by atoms with Crippen LogP contribution in [0.15, 0.2) is 48.1 Å². The molecule has 128 valence electrons. The Hall–Kier alpha value is -2.31. The van der Waals surface area contributed by atoms with Gasteiger partial charge in [-0.05, 0) is 30.0 Å². The van der Waals surface area contributed by atoms with Gasteiger partial charge in [-0.25, -0.2) is 9.97 Å². The minimum absolute atomic E-state index is 0.109. The quantitative estimate of drug-likeness (QED) is 0.716. The summed E-state index contributed by atoms with van der Waals surface area (Å²) in [5.74, 6) is 1.74. The summed E-state index contributed by atoms with van der Waals surface area (Å²) < 4.78 is 5.96. The minimum atomic E-state index is 0.109. The topological polar surface area (TPSA) is 51.1 Å². The molecule has 0 bridgehead atoms. The van der Waals surface area contributed by atoms with Crippen molar-refractivity contribution in [2.24, 2.45) is 0 Å². The molecule has 1 aliphatic rings. The molecule has 1 aliphatic heterocycles. The van der Waals surface area contributed by atoms with Crippen molar-refractivity contribution < 1.29 is 4.74 Å². The first-order chi connectivity index (χ1) is 12.3. The van der Waals surface area contributed by atoms with Crippen LogP contribution in [0.1, 0.15) is 23.6 Å². The third-order valence-electron chi connectivity index (χ3n) is 4.32. The summed E-state index contributed by atoms with van der Waals surface area (Å²) in [5.41, 5.74) is 2.05. The zero-order valence-corrected chi connectivity index (χ0v) is 14.9. The Balaban J connectivity index is 1.65. The maximum atomic E-state index is 5.96. The van der Waals surface area contributed by atoms with Gasteiger partial charge in [0, 0.05) is 41.1 Å². The smallest absolute Gasteiger partial charge is 0.161 e. The molecule has 3 aromatic heterocycles. The van der Waals surface area contributed by atoms with Crippen molar-refractivity contribution >= 4 is 17.2 Å². The van der Waals surface area contributed by atoms with Crippen LogP contribution in [0, 0.1) is 0 Å². The van der Waals surface area contributed by atoms with Crippen LogP contribution in [-0.2, 0) is 11.2 Å². The lowest BCUT2D eigenvalue weighted by Gasteiger charge is -2.33. The molecule has 1 atom stereocenters. The van der Waals surface area contributed by atoms with Crippen molar-refractivity contribution in [2.45, 2.75) is 19.4 Å². The van der Waals surface area contributed by atoms with Gasteiger partial charge < -0.3 is 9.64 Å². The number of ether oxygens (including phenoxy) is 1. The highest BCUT2D eigenvalue weighted by Gasteiger charge is 2.24. The summed E-state index contributed by atoms with van der Waals surface area (Å²) in [6.45, 7) is 4.49.